The maximum atomic E-state index is 14.1. The van der Waals surface area contributed by atoms with Gasteiger partial charge in [0, 0.05) is 31.7 Å². The maximum Gasteiger partial charge on any atom is 0.246 e. The average molecular weight is 669 g/mol. The number of nitrogens with zero attached hydrogens (tertiary/aromatic N) is 5. The van der Waals surface area contributed by atoms with E-state index in [0.717, 1.165) is 0 Å². The number of sulfonamides is 1. The van der Waals surface area contributed by atoms with Crippen LogP contribution in [0.4, 0.5) is 5.95 Å². The summed E-state index contributed by atoms with van der Waals surface area (Å²) in [5.41, 5.74) is 1.04. The number of hydrogen-bond acceptors (Lipinski definition) is 8. The molecule has 0 N–H and O–H groups in total. The van der Waals surface area contributed by atoms with Gasteiger partial charge in [-0.25, -0.2) is 12.7 Å². The minimum Gasteiger partial charge on any atom is -0.494 e. The van der Waals surface area contributed by atoms with Crippen LogP contribution in [0.1, 0.15) is 5.69 Å². The third-order valence-corrected chi connectivity index (χ3v) is 10.5. The van der Waals surface area contributed by atoms with Gasteiger partial charge < -0.3 is 13.9 Å². The molecule has 0 radical (unpaired) electrons. The van der Waals surface area contributed by atoms with Gasteiger partial charge >= 0.3 is 0 Å². The normalized spacial score (nSPS) is 12.0. The first kappa shape index (κ1) is 30.1. The SMILES string of the molecule is COc1cccc(OC)c1-n1c(-c2ccco2)nnc1N(CC[Si](C)(C)C)S(=O)(=O)CCc1ncc(Cl)cc1Br. The second-order valence-electron chi connectivity index (χ2n) is 10.2. The van der Waals surface area contributed by atoms with E-state index < -0.39 is 18.1 Å². The molecule has 0 atom stereocenters. The lowest BCUT2D eigenvalue weighted by molar-refractivity contribution is 0.391. The van der Waals surface area contributed by atoms with Crippen LogP contribution < -0.4 is 13.8 Å². The molecular weight excluding hydrogens is 638 g/mol. The summed E-state index contributed by atoms with van der Waals surface area (Å²) in [6, 6.07) is 11.2. The number of aryl methyl sites for hydroxylation is 1. The highest BCUT2D eigenvalue weighted by atomic mass is 79.9. The van der Waals surface area contributed by atoms with Gasteiger partial charge in [0.2, 0.25) is 21.8 Å². The monoisotopic (exact) mass is 667 g/mol. The van der Waals surface area contributed by atoms with E-state index in [9.17, 15) is 8.42 Å². The number of anilines is 1. The fraction of sp³-hybridized carbons (Fsp3) is 0.346. The fourth-order valence-corrected chi connectivity index (χ4v) is 7.33. The zero-order valence-corrected chi connectivity index (χ0v) is 27.0. The molecule has 0 saturated carbocycles. The Morgan fingerprint density at radius 1 is 1.10 bits per heavy atom. The molecule has 1 aromatic carbocycles. The van der Waals surface area contributed by atoms with Crippen molar-refractivity contribution in [1.29, 1.82) is 0 Å². The third kappa shape index (κ3) is 6.70. The van der Waals surface area contributed by atoms with Gasteiger partial charge in [-0.15, -0.1) is 10.2 Å². The Morgan fingerprint density at radius 2 is 1.80 bits per heavy atom. The van der Waals surface area contributed by atoms with E-state index in [2.05, 4.69) is 50.8 Å². The summed E-state index contributed by atoms with van der Waals surface area (Å²) in [6.07, 6.45) is 3.18. The zero-order chi connectivity index (χ0) is 29.1. The number of furan rings is 1. The summed E-state index contributed by atoms with van der Waals surface area (Å²) in [5, 5.41) is 9.26. The largest absolute Gasteiger partial charge is 0.494 e. The average Bonchev–Trinajstić information content (AvgIpc) is 3.57. The first-order chi connectivity index (χ1) is 18.9. The Morgan fingerprint density at radius 3 is 2.38 bits per heavy atom. The highest BCUT2D eigenvalue weighted by Crippen LogP contribution is 2.39. The molecule has 10 nitrogen and oxygen atoms in total. The van der Waals surface area contributed by atoms with Crippen LogP contribution in [-0.2, 0) is 16.4 Å². The smallest absolute Gasteiger partial charge is 0.246 e. The van der Waals surface area contributed by atoms with E-state index in [4.69, 9.17) is 25.5 Å². The first-order valence-electron chi connectivity index (χ1n) is 12.5. The van der Waals surface area contributed by atoms with Crippen LogP contribution in [0.25, 0.3) is 17.3 Å². The molecule has 4 aromatic rings. The van der Waals surface area contributed by atoms with Crippen LogP contribution in [0.3, 0.4) is 0 Å². The molecule has 0 aliphatic rings. The molecule has 0 aliphatic heterocycles. The minimum absolute atomic E-state index is 0.107. The van der Waals surface area contributed by atoms with Crippen molar-refractivity contribution in [3.63, 3.8) is 0 Å². The van der Waals surface area contributed by atoms with E-state index in [0.29, 0.717) is 50.0 Å². The molecule has 0 amide bonds. The Labute approximate surface area is 248 Å². The van der Waals surface area contributed by atoms with Crippen LogP contribution >= 0.6 is 27.5 Å². The molecule has 3 aromatic heterocycles. The predicted molar refractivity (Wildman–Crippen MR) is 162 cm³/mol. The van der Waals surface area contributed by atoms with Crippen molar-refractivity contribution in [3.05, 3.63) is 64.0 Å². The third-order valence-electron chi connectivity index (χ3n) is 6.12. The highest BCUT2D eigenvalue weighted by Gasteiger charge is 2.33. The summed E-state index contributed by atoms with van der Waals surface area (Å²) in [7, 11) is -2.53. The van der Waals surface area contributed by atoms with Crippen LogP contribution in [0.5, 0.6) is 11.5 Å². The molecule has 4 rings (SSSR count). The van der Waals surface area contributed by atoms with Gasteiger partial charge in [0.25, 0.3) is 0 Å². The number of ether oxygens (including phenoxy) is 2. The summed E-state index contributed by atoms with van der Waals surface area (Å²) < 4.78 is 48.8. The number of pyridine rings is 1. The molecule has 0 aliphatic carbocycles. The van der Waals surface area contributed by atoms with Gasteiger partial charge in [0.15, 0.2) is 5.76 Å². The summed E-state index contributed by atoms with van der Waals surface area (Å²) in [5.74, 6) is 1.50. The predicted octanol–water partition coefficient (Wildman–Crippen LogP) is 6.07. The minimum atomic E-state index is -3.92. The van der Waals surface area contributed by atoms with E-state index in [1.165, 1.54) is 31.0 Å². The number of rotatable bonds is 12. The van der Waals surface area contributed by atoms with Gasteiger partial charge in [-0.3, -0.25) is 9.55 Å². The summed E-state index contributed by atoms with van der Waals surface area (Å²) in [4.78, 5) is 4.31. The molecule has 0 unspecified atom stereocenters. The lowest BCUT2D eigenvalue weighted by atomic mass is 10.2. The van der Waals surface area contributed by atoms with Crippen LogP contribution in [0.15, 0.2) is 57.7 Å². The first-order valence-corrected chi connectivity index (χ1v) is 18.9. The van der Waals surface area contributed by atoms with Crippen molar-refractivity contribution in [3.8, 4) is 28.8 Å². The number of aromatic nitrogens is 4. The number of methoxy groups -OCH3 is 2. The molecule has 0 bridgehead atoms. The topological polar surface area (TPSA) is 113 Å². The zero-order valence-electron chi connectivity index (χ0n) is 22.9. The highest BCUT2D eigenvalue weighted by molar-refractivity contribution is 9.10. The van der Waals surface area contributed by atoms with Crippen molar-refractivity contribution in [2.24, 2.45) is 0 Å². The quantitative estimate of drug-likeness (QED) is 0.167. The Hall–Kier alpha value is -2.87. The Balaban J connectivity index is 1.88. The number of halogens is 2. The van der Waals surface area contributed by atoms with E-state index in [-0.39, 0.29) is 24.7 Å². The number of benzene rings is 1. The molecule has 0 saturated heterocycles. The fourth-order valence-electron chi connectivity index (χ4n) is 4.02. The molecule has 40 heavy (non-hydrogen) atoms. The summed E-state index contributed by atoms with van der Waals surface area (Å²) in [6.45, 7) is 6.79. The molecule has 0 fully saturated rings. The standard InChI is InChI=1S/C26H31BrClN5O5SSi/c1-36-21-8-6-9-22(37-2)24(21)33-25(23-10-7-13-38-23)30-31-26(33)32(12-15-40(3,4)5)39(34,35)14-11-20-19(27)16-18(28)17-29-20/h6-10,13,16-17H,11-12,14-15H2,1-5H3. The molecule has 3 heterocycles. The van der Waals surface area contributed by atoms with Crippen molar-refractivity contribution in [2.75, 3.05) is 30.8 Å². The van der Waals surface area contributed by atoms with Gasteiger partial charge in [-0.05, 0) is 52.3 Å². The maximum absolute atomic E-state index is 14.1. The molecular formula is C26H31BrClN5O5SSi. The molecule has 14 heteroatoms. The lowest BCUT2D eigenvalue weighted by Gasteiger charge is -2.27. The molecule has 214 valence electrons. The van der Waals surface area contributed by atoms with Crippen molar-refractivity contribution >= 4 is 51.6 Å². The second-order valence-corrected chi connectivity index (χ2v) is 19.1. The van der Waals surface area contributed by atoms with Gasteiger partial charge in [0.1, 0.15) is 17.2 Å². The number of hydrogen-bond donors (Lipinski definition) is 0. The van der Waals surface area contributed by atoms with E-state index in [1.54, 1.807) is 41.0 Å². The van der Waals surface area contributed by atoms with E-state index in [1.807, 2.05) is 0 Å². The Bertz CT molecular complexity index is 1550. The lowest BCUT2D eigenvalue weighted by Crippen LogP contribution is -2.39. The van der Waals surface area contributed by atoms with E-state index >= 15 is 0 Å². The van der Waals surface area contributed by atoms with Gasteiger partial charge in [-0.1, -0.05) is 37.3 Å². The molecule has 0 spiro atoms. The van der Waals surface area contributed by atoms with Crippen molar-refractivity contribution in [1.82, 2.24) is 19.7 Å². The Kier molecular flexibility index (Phi) is 9.28. The van der Waals surface area contributed by atoms with Crippen molar-refractivity contribution < 1.29 is 22.3 Å². The van der Waals surface area contributed by atoms with Crippen molar-refractivity contribution in [2.45, 2.75) is 32.1 Å². The summed E-state index contributed by atoms with van der Waals surface area (Å²) >= 11 is 9.47. The van der Waals surface area contributed by atoms with Crippen LogP contribution in [0.2, 0.25) is 30.7 Å². The van der Waals surface area contributed by atoms with Gasteiger partial charge in [-0.2, -0.15) is 0 Å². The van der Waals surface area contributed by atoms with Crippen LogP contribution in [0, 0.1) is 0 Å². The number of para-hydroxylation sites is 1. The van der Waals surface area contributed by atoms with Crippen LogP contribution in [-0.4, -0.2) is 62.8 Å². The second kappa shape index (κ2) is 12.3. The van der Waals surface area contributed by atoms with Gasteiger partial charge in [0.05, 0.1) is 37.0 Å².